The molecule has 0 aliphatic heterocycles. The molecule has 0 aromatic carbocycles. The fraction of sp³-hybridized carbons (Fsp3) is 0.727. The molecule has 2 rings (SSSR count). The minimum Gasteiger partial charge on any atom is -0.464 e. The third-order valence-electron chi connectivity index (χ3n) is 2.87. The molecule has 0 spiro atoms. The lowest BCUT2D eigenvalue weighted by atomic mass is 9.83. The van der Waals surface area contributed by atoms with Crippen molar-refractivity contribution in [1.82, 2.24) is 15.0 Å². The molecule has 1 fully saturated rings. The van der Waals surface area contributed by atoms with Gasteiger partial charge in [-0.15, -0.1) is 4.98 Å². The van der Waals surface area contributed by atoms with Gasteiger partial charge in [-0.2, -0.15) is 9.97 Å². The maximum absolute atomic E-state index is 5.54. The van der Waals surface area contributed by atoms with Crippen molar-refractivity contribution in [3.05, 3.63) is 0 Å². The third kappa shape index (κ3) is 3.44. The Kier molecular flexibility index (Phi) is 3.95. The van der Waals surface area contributed by atoms with E-state index in [9.17, 15) is 0 Å². The normalized spacial score (nSPS) is 15.4. The highest BCUT2D eigenvalue weighted by Crippen LogP contribution is 2.29. The van der Waals surface area contributed by atoms with Gasteiger partial charge >= 0.3 is 12.0 Å². The highest BCUT2D eigenvalue weighted by atomic mass is 16.5. The van der Waals surface area contributed by atoms with Crippen LogP contribution in [0, 0.1) is 5.92 Å². The van der Waals surface area contributed by atoms with Crippen LogP contribution in [0.1, 0.15) is 32.6 Å². The van der Waals surface area contributed by atoms with Crippen molar-refractivity contribution in [2.24, 2.45) is 5.92 Å². The Balaban J connectivity index is 1.85. The first-order valence-electron chi connectivity index (χ1n) is 6.05. The van der Waals surface area contributed by atoms with E-state index in [1.807, 2.05) is 6.92 Å². The van der Waals surface area contributed by atoms with Crippen LogP contribution in [0.15, 0.2) is 0 Å². The lowest BCUT2D eigenvalue weighted by Gasteiger charge is -2.24. The van der Waals surface area contributed by atoms with Crippen LogP contribution in [0.4, 0.5) is 5.95 Å². The third-order valence-corrected chi connectivity index (χ3v) is 2.87. The largest absolute Gasteiger partial charge is 0.464 e. The van der Waals surface area contributed by atoms with Crippen molar-refractivity contribution in [2.75, 3.05) is 18.9 Å². The molecular formula is C11H18N4O2. The number of anilines is 1. The monoisotopic (exact) mass is 238 g/mol. The van der Waals surface area contributed by atoms with Crippen LogP contribution in [0.5, 0.6) is 12.0 Å². The summed E-state index contributed by atoms with van der Waals surface area (Å²) in [5.41, 5.74) is 5.54. The Hall–Kier alpha value is -1.59. The van der Waals surface area contributed by atoms with Gasteiger partial charge in [-0.1, -0.05) is 19.3 Å². The molecule has 0 radical (unpaired) electrons. The van der Waals surface area contributed by atoms with E-state index in [1.54, 1.807) is 0 Å². The van der Waals surface area contributed by atoms with E-state index in [2.05, 4.69) is 15.0 Å². The summed E-state index contributed by atoms with van der Waals surface area (Å²) in [5, 5.41) is 0. The van der Waals surface area contributed by atoms with Gasteiger partial charge in [-0.25, -0.2) is 0 Å². The van der Waals surface area contributed by atoms with E-state index in [4.69, 9.17) is 15.2 Å². The SMILES string of the molecule is CCOc1nc(N)nc(OCCC2CCC2)n1. The van der Waals surface area contributed by atoms with E-state index < -0.39 is 0 Å². The standard InChI is InChI=1S/C11H18N4O2/c1-2-16-10-13-9(12)14-11(15-10)17-7-6-8-4-3-5-8/h8H,2-7H2,1H3,(H2,12,13,14,15). The molecule has 17 heavy (non-hydrogen) atoms. The van der Waals surface area contributed by atoms with E-state index in [0.29, 0.717) is 13.2 Å². The number of hydrogen-bond acceptors (Lipinski definition) is 6. The zero-order chi connectivity index (χ0) is 12.1. The van der Waals surface area contributed by atoms with Crippen LogP contribution in [-0.4, -0.2) is 28.2 Å². The van der Waals surface area contributed by atoms with Gasteiger partial charge in [0, 0.05) is 0 Å². The molecule has 1 saturated carbocycles. The molecule has 0 amide bonds. The van der Waals surface area contributed by atoms with Crippen LogP contribution < -0.4 is 15.2 Å². The number of nitrogen functional groups attached to an aromatic ring is 1. The summed E-state index contributed by atoms with van der Waals surface area (Å²) >= 11 is 0. The summed E-state index contributed by atoms with van der Waals surface area (Å²) in [5.74, 6) is 0.933. The van der Waals surface area contributed by atoms with Crippen LogP contribution >= 0.6 is 0 Å². The van der Waals surface area contributed by atoms with Gasteiger partial charge in [-0.05, 0) is 19.3 Å². The number of nitrogens with two attached hydrogens (primary N) is 1. The average Bonchev–Trinajstić information content (AvgIpc) is 2.21. The molecule has 1 aliphatic rings. The second-order valence-corrected chi connectivity index (χ2v) is 4.13. The van der Waals surface area contributed by atoms with Crippen molar-refractivity contribution in [3.8, 4) is 12.0 Å². The van der Waals surface area contributed by atoms with Gasteiger partial charge in [0.05, 0.1) is 13.2 Å². The zero-order valence-corrected chi connectivity index (χ0v) is 10.1. The van der Waals surface area contributed by atoms with Crippen molar-refractivity contribution in [1.29, 1.82) is 0 Å². The number of rotatable bonds is 6. The van der Waals surface area contributed by atoms with Gasteiger partial charge in [0.1, 0.15) is 0 Å². The number of ether oxygens (including phenoxy) is 2. The van der Waals surface area contributed by atoms with Crippen LogP contribution in [0.2, 0.25) is 0 Å². The minimum absolute atomic E-state index is 0.127. The molecule has 1 aromatic rings. The molecule has 0 atom stereocenters. The summed E-state index contributed by atoms with van der Waals surface area (Å²) in [6.07, 6.45) is 5.02. The predicted octanol–water partition coefficient (Wildman–Crippen LogP) is 1.42. The average molecular weight is 238 g/mol. The first-order valence-corrected chi connectivity index (χ1v) is 6.05. The molecular weight excluding hydrogens is 220 g/mol. The lowest BCUT2D eigenvalue weighted by Crippen LogP contribution is -2.15. The molecule has 1 heterocycles. The van der Waals surface area contributed by atoms with Gasteiger partial charge < -0.3 is 15.2 Å². The number of hydrogen-bond donors (Lipinski definition) is 1. The van der Waals surface area contributed by atoms with Gasteiger partial charge in [-0.3, -0.25) is 0 Å². The molecule has 0 saturated heterocycles. The highest BCUT2D eigenvalue weighted by molar-refractivity contribution is 5.20. The van der Waals surface area contributed by atoms with E-state index in [-0.39, 0.29) is 18.0 Å². The Bertz CT molecular complexity index is 368. The topological polar surface area (TPSA) is 83.2 Å². The second-order valence-electron chi connectivity index (χ2n) is 4.13. The summed E-state index contributed by atoms with van der Waals surface area (Å²) in [4.78, 5) is 11.8. The van der Waals surface area contributed by atoms with Crippen molar-refractivity contribution < 1.29 is 9.47 Å². The maximum Gasteiger partial charge on any atom is 0.324 e. The fourth-order valence-corrected chi connectivity index (χ4v) is 1.71. The van der Waals surface area contributed by atoms with Crippen LogP contribution in [0.25, 0.3) is 0 Å². The molecule has 0 unspecified atom stereocenters. The summed E-state index contributed by atoms with van der Waals surface area (Å²) in [7, 11) is 0. The Morgan fingerprint density at radius 2 is 1.88 bits per heavy atom. The quantitative estimate of drug-likeness (QED) is 0.807. The summed E-state index contributed by atoms with van der Waals surface area (Å²) in [6.45, 7) is 2.97. The molecule has 6 heteroatoms. The van der Waals surface area contributed by atoms with Crippen LogP contribution in [-0.2, 0) is 0 Å². The predicted molar refractivity (Wildman–Crippen MR) is 62.9 cm³/mol. The lowest BCUT2D eigenvalue weighted by molar-refractivity contribution is 0.208. The van der Waals surface area contributed by atoms with E-state index >= 15 is 0 Å². The Labute approximate surface area is 101 Å². The first kappa shape index (κ1) is 11.9. The minimum atomic E-state index is 0.127. The van der Waals surface area contributed by atoms with Crippen LogP contribution in [0.3, 0.4) is 0 Å². The Morgan fingerprint density at radius 1 is 1.18 bits per heavy atom. The zero-order valence-electron chi connectivity index (χ0n) is 10.1. The van der Waals surface area contributed by atoms with E-state index in [0.717, 1.165) is 12.3 Å². The van der Waals surface area contributed by atoms with Crippen molar-refractivity contribution >= 4 is 5.95 Å². The number of nitrogens with zero attached hydrogens (tertiary/aromatic N) is 3. The van der Waals surface area contributed by atoms with Gasteiger partial charge in [0.15, 0.2) is 0 Å². The fourth-order valence-electron chi connectivity index (χ4n) is 1.71. The molecule has 1 aliphatic carbocycles. The van der Waals surface area contributed by atoms with Crippen molar-refractivity contribution in [2.45, 2.75) is 32.6 Å². The number of aromatic nitrogens is 3. The first-order chi connectivity index (χ1) is 8.28. The van der Waals surface area contributed by atoms with Crippen molar-refractivity contribution in [3.63, 3.8) is 0 Å². The molecule has 0 bridgehead atoms. The van der Waals surface area contributed by atoms with Gasteiger partial charge in [0.2, 0.25) is 5.95 Å². The summed E-state index contributed by atoms with van der Waals surface area (Å²) in [6, 6.07) is 0.471. The molecule has 2 N–H and O–H groups in total. The highest BCUT2D eigenvalue weighted by Gasteiger charge is 2.17. The molecule has 94 valence electrons. The maximum atomic E-state index is 5.54. The summed E-state index contributed by atoms with van der Waals surface area (Å²) < 4.78 is 10.6. The smallest absolute Gasteiger partial charge is 0.324 e. The Morgan fingerprint density at radius 3 is 2.47 bits per heavy atom. The molecule has 6 nitrogen and oxygen atoms in total. The van der Waals surface area contributed by atoms with E-state index in [1.165, 1.54) is 19.3 Å². The molecule has 1 aromatic heterocycles. The van der Waals surface area contributed by atoms with Gasteiger partial charge in [0.25, 0.3) is 0 Å². The second kappa shape index (κ2) is 5.65.